The molecule has 0 aliphatic carbocycles. The molecule has 312 valence electrons. The average molecular weight is 754 g/mol. The lowest BCUT2D eigenvalue weighted by atomic mass is 10.0. The Morgan fingerprint density at radius 1 is 0.453 bits per heavy atom. The molecule has 0 aliphatic rings. The molecule has 0 spiro atoms. The van der Waals surface area contributed by atoms with Gasteiger partial charge in [-0.3, -0.25) is 9.59 Å². The van der Waals surface area contributed by atoms with Gasteiger partial charge in [-0.1, -0.05) is 181 Å². The van der Waals surface area contributed by atoms with Crippen LogP contribution in [0.4, 0.5) is 9.59 Å². The van der Waals surface area contributed by atoms with E-state index >= 15 is 0 Å². The lowest BCUT2D eigenvalue weighted by Gasteiger charge is -2.18. The minimum Gasteiger partial charge on any atom is -0.481 e. The van der Waals surface area contributed by atoms with E-state index in [1.54, 1.807) is 0 Å². The van der Waals surface area contributed by atoms with E-state index in [1.165, 1.54) is 148 Å². The van der Waals surface area contributed by atoms with Crippen LogP contribution in [0.25, 0.3) is 0 Å². The summed E-state index contributed by atoms with van der Waals surface area (Å²) >= 11 is 0. The Morgan fingerprint density at radius 2 is 0.830 bits per heavy atom. The van der Waals surface area contributed by atoms with Gasteiger partial charge in [-0.2, -0.15) is 0 Å². The molecule has 10 nitrogen and oxygen atoms in total. The van der Waals surface area contributed by atoms with Crippen molar-refractivity contribution in [3.63, 3.8) is 0 Å². The van der Waals surface area contributed by atoms with Crippen molar-refractivity contribution in [2.24, 2.45) is 0 Å². The number of alkyl carbamates (subject to hydrolysis) is 2. The second kappa shape index (κ2) is 40.7. The second-order valence-electron chi connectivity index (χ2n) is 15.0. The van der Waals surface area contributed by atoms with Crippen LogP contribution in [0.1, 0.15) is 219 Å². The fourth-order valence-electron chi connectivity index (χ4n) is 6.51. The normalized spacial score (nSPS) is 11.6. The van der Waals surface area contributed by atoms with Crippen molar-refractivity contribution >= 4 is 24.1 Å². The number of carboxylic acid groups (broad SMARTS) is 1. The molecule has 0 aliphatic heterocycles. The zero-order chi connectivity index (χ0) is 38.9. The maximum Gasteiger partial charge on any atom is 0.407 e. The smallest absolute Gasteiger partial charge is 0.407 e. The molecule has 0 saturated heterocycles. The molecule has 0 heterocycles. The van der Waals surface area contributed by atoms with Gasteiger partial charge >= 0.3 is 18.2 Å². The van der Waals surface area contributed by atoms with E-state index in [2.05, 4.69) is 29.8 Å². The molecular formula is C43H83N3O7. The van der Waals surface area contributed by atoms with E-state index in [1.807, 2.05) is 0 Å². The molecule has 0 fully saturated rings. The summed E-state index contributed by atoms with van der Waals surface area (Å²) in [4.78, 5) is 48.1. The molecule has 0 aromatic heterocycles. The van der Waals surface area contributed by atoms with E-state index in [0.717, 1.165) is 32.1 Å². The number of carboxylic acids is 1. The average Bonchev–Trinajstić information content (AvgIpc) is 3.14. The molecule has 0 bridgehead atoms. The van der Waals surface area contributed by atoms with Gasteiger partial charge in [0.25, 0.3) is 0 Å². The minimum absolute atomic E-state index is 0.0207. The van der Waals surface area contributed by atoms with Crippen molar-refractivity contribution in [3.8, 4) is 0 Å². The van der Waals surface area contributed by atoms with E-state index in [-0.39, 0.29) is 13.0 Å². The maximum absolute atomic E-state index is 12.7. The number of carbonyl (C=O) groups is 4. The molecule has 0 unspecified atom stereocenters. The first-order chi connectivity index (χ1) is 25.9. The third-order valence-corrected chi connectivity index (χ3v) is 9.90. The number of rotatable bonds is 40. The molecular weight excluding hydrogens is 670 g/mol. The first-order valence-corrected chi connectivity index (χ1v) is 22.2. The quantitative estimate of drug-likeness (QED) is 0.0456. The van der Waals surface area contributed by atoms with Gasteiger partial charge in [-0.05, 0) is 32.1 Å². The largest absolute Gasteiger partial charge is 0.481 e. The van der Waals surface area contributed by atoms with Crippen molar-refractivity contribution in [2.45, 2.75) is 225 Å². The molecule has 0 saturated carbocycles. The van der Waals surface area contributed by atoms with Gasteiger partial charge in [0.05, 0.1) is 19.6 Å². The zero-order valence-corrected chi connectivity index (χ0v) is 34.4. The first-order valence-electron chi connectivity index (χ1n) is 22.2. The topological polar surface area (TPSA) is 143 Å². The molecule has 3 amide bonds. The van der Waals surface area contributed by atoms with E-state index in [0.29, 0.717) is 39.0 Å². The Morgan fingerprint density at radius 3 is 1.23 bits per heavy atom. The summed E-state index contributed by atoms with van der Waals surface area (Å²) in [6, 6.07) is -0.847. The summed E-state index contributed by atoms with van der Waals surface area (Å²) < 4.78 is 10.6. The molecule has 0 aromatic carbocycles. The summed E-state index contributed by atoms with van der Waals surface area (Å²) in [6.45, 7) is 5.60. The van der Waals surface area contributed by atoms with Crippen LogP contribution in [-0.4, -0.2) is 61.5 Å². The maximum atomic E-state index is 12.7. The first kappa shape index (κ1) is 50.5. The summed E-state index contributed by atoms with van der Waals surface area (Å²) in [6.07, 6.45) is 35.6. The van der Waals surface area contributed by atoms with Gasteiger partial charge < -0.3 is 30.5 Å². The highest BCUT2D eigenvalue weighted by molar-refractivity contribution is 5.85. The summed E-state index contributed by atoms with van der Waals surface area (Å²) in [5.41, 5.74) is 0. The van der Waals surface area contributed by atoms with Crippen LogP contribution in [0, 0.1) is 0 Å². The number of unbranched alkanes of at least 4 members (excludes halogenated alkanes) is 27. The lowest BCUT2D eigenvalue weighted by molar-refractivity contribution is -0.137. The number of nitrogens with one attached hydrogen (secondary N) is 3. The SMILES string of the molecule is CCCCCCCCCCCCCCCCOC(=O)NCCCC[C@H](NC(=O)OCCCCCCCCCCCCCCCC)C(=O)NCCC(=O)O. The van der Waals surface area contributed by atoms with Gasteiger partial charge in [-0.15, -0.1) is 0 Å². The van der Waals surface area contributed by atoms with Crippen LogP contribution in [-0.2, 0) is 19.1 Å². The Balaban J connectivity index is 3.98. The predicted octanol–water partition coefficient (Wildman–Crippen LogP) is 11.5. The summed E-state index contributed by atoms with van der Waals surface area (Å²) in [7, 11) is 0. The second-order valence-corrected chi connectivity index (χ2v) is 15.0. The van der Waals surface area contributed by atoms with Gasteiger partial charge in [0.1, 0.15) is 6.04 Å². The molecule has 0 rings (SSSR count). The van der Waals surface area contributed by atoms with Crippen molar-refractivity contribution < 1.29 is 33.8 Å². The van der Waals surface area contributed by atoms with Gasteiger partial charge in [-0.25, -0.2) is 9.59 Å². The molecule has 0 radical (unpaired) electrons. The summed E-state index contributed by atoms with van der Waals surface area (Å²) in [5, 5.41) is 16.9. The third-order valence-electron chi connectivity index (χ3n) is 9.90. The molecule has 53 heavy (non-hydrogen) atoms. The van der Waals surface area contributed by atoms with Crippen LogP contribution in [0.2, 0.25) is 0 Å². The zero-order valence-electron chi connectivity index (χ0n) is 34.4. The van der Waals surface area contributed by atoms with E-state index in [4.69, 9.17) is 14.6 Å². The van der Waals surface area contributed by atoms with Crippen molar-refractivity contribution in [2.75, 3.05) is 26.3 Å². The fraction of sp³-hybridized carbons (Fsp3) is 0.907. The number of amides is 3. The number of hydrogen-bond acceptors (Lipinski definition) is 6. The highest BCUT2D eigenvalue weighted by Gasteiger charge is 2.21. The van der Waals surface area contributed by atoms with Gasteiger partial charge in [0.2, 0.25) is 5.91 Å². The fourth-order valence-corrected chi connectivity index (χ4v) is 6.51. The number of ether oxygens (including phenoxy) is 2. The van der Waals surface area contributed by atoms with E-state index < -0.39 is 30.1 Å². The van der Waals surface area contributed by atoms with Crippen LogP contribution >= 0.6 is 0 Å². The standard InChI is InChI=1S/C43H83N3O7/c1-3-5-7-9-11-13-15-17-19-21-23-25-27-31-37-52-42(50)45-35-30-29-33-39(41(49)44-36-34-40(47)48)46-43(51)53-38-32-28-26-24-22-20-18-16-14-12-10-8-6-4-2/h39H,3-38H2,1-2H3,(H,44,49)(H,45,50)(H,46,51)(H,47,48)/t39-/m0/s1. The minimum atomic E-state index is -1.01. The van der Waals surface area contributed by atoms with Crippen LogP contribution < -0.4 is 16.0 Å². The molecule has 1 atom stereocenters. The predicted molar refractivity (Wildman–Crippen MR) is 217 cm³/mol. The highest BCUT2D eigenvalue weighted by atomic mass is 16.6. The van der Waals surface area contributed by atoms with Gasteiger partial charge in [0.15, 0.2) is 0 Å². The number of aliphatic carboxylic acids is 1. The van der Waals surface area contributed by atoms with E-state index in [9.17, 15) is 19.2 Å². The number of carbonyl (C=O) groups excluding carboxylic acids is 3. The van der Waals surface area contributed by atoms with Crippen molar-refractivity contribution in [1.82, 2.24) is 16.0 Å². The summed E-state index contributed by atoms with van der Waals surface area (Å²) in [5.74, 6) is -1.45. The molecule has 0 aromatic rings. The Hall–Kier alpha value is -2.52. The van der Waals surface area contributed by atoms with Gasteiger partial charge in [0, 0.05) is 13.1 Å². The lowest BCUT2D eigenvalue weighted by Crippen LogP contribution is -2.47. The monoisotopic (exact) mass is 754 g/mol. The van der Waals surface area contributed by atoms with Crippen molar-refractivity contribution in [3.05, 3.63) is 0 Å². The molecule has 10 heteroatoms. The number of hydrogen-bond donors (Lipinski definition) is 4. The van der Waals surface area contributed by atoms with Crippen LogP contribution in [0.5, 0.6) is 0 Å². The van der Waals surface area contributed by atoms with Crippen molar-refractivity contribution in [1.29, 1.82) is 0 Å². The van der Waals surface area contributed by atoms with Crippen LogP contribution in [0.15, 0.2) is 0 Å². The Kier molecular flexibility index (Phi) is 38.7. The highest BCUT2D eigenvalue weighted by Crippen LogP contribution is 2.14. The third kappa shape index (κ3) is 39.0. The Bertz CT molecular complexity index is 858. The van der Waals surface area contributed by atoms with Crippen LogP contribution in [0.3, 0.4) is 0 Å². The molecule has 4 N–H and O–H groups in total. The Labute approximate surface area is 324 Å².